The number of nitrogens with one attached hydrogen (secondary N) is 1. The Kier molecular flexibility index (Phi) is 5.62. The molecular weight excluding hydrogens is 266 g/mol. The van der Waals surface area contributed by atoms with E-state index in [2.05, 4.69) is 48.8 Å². The van der Waals surface area contributed by atoms with Gasteiger partial charge in [-0.3, -0.25) is 0 Å². The van der Waals surface area contributed by atoms with Gasteiger partial charge in [-0.25, -0.2) is 0 Å². The van der Waals surface area contributed by atoms with E-state index in [1.807, 2.05) is 23.5 Å². The molecule has 2 unspecified atom stereocenters. The van der Waals surface area contributed by atoms with Gasteiger partial charge in [-0.05, 0) is 48.9 Å². The Hall–Kier alpha value is -1.32. The second kappa shape index (κ2) is 7.46. The van der Waals surface area contributed by atoms with Crippen LogP contribution in [0, 0.1) is 0 Å². The summed E-state index contributed by atoms with van der Waals surface area (Å²) in [4.78, 5) is 1.44. The first-order chi connectivity index (χ1) is 9.72. The number of rotatable bonds is 7. The standard InChI is InChI=1S/C17H23NOS/c1-4-17(14-7-9-15(19-3)10-8-14)18-13(2)12-16-6-5-11-20-16/h5-11,13,17-18H,4,12H2,1-3H3. The lowest BCUT2D eigenvalue weighted by molar-refractivity contribution is 0.413. The van der Waals surface area contributed by atoms with E-state index in [4.69, 9.17) is 4.74 Å². The van der Waals surface area contributed by atoms with E-state index in [1.54, 1.807) is 7.11 Å². The zero-order valence-electron chi connectivity index (χ0n) is 12.4. The molecule has 2 aromatic rings. The predicted octanol–water partition coefficient (Wildman–Crippen LogP) is 4.43. The number of hydrogen-bond acceptors (Lipinski definition) is 3. The Bertz CT molecular complexity index is 492. The largest absolute Gasteiger partial charge is 0.497 e. The van der Waals surface area contributed by atoms with Crippen molar-refractivity contribution in [2.45, 2.75) is 38.8 Å². The van der Waals surface area contributed by atoms with Crippen LogP contribution >= 0.6 is 11.3 Å². The lowest BCUT2D eigenvalue weighted by Gasteiger charge is -2.22. The van der Waals surface area contributed by atoms with Crippen LogP contribution in [0.4, 0.5) is 0 Å². The zero-order valence-corrected chi connectivity index (χ0v) is 13.2. The topological polar surface area (TPSA) is 21.3 Å². The third-order valence-electron chi connectivity index (χ3n) is 3.50. The van der Waals surface area contributed by atoms with Gasteiger partial charge in [-0.1, -0.05) is 25.1 Å². The van der Waals surface area contributed by atoms with E-state index in [0.29, 0.717) is 12.1 Å². The van der Waals surface area contributed by atoms with Gasteiger partial charge in [0.2, 0.25) is 0 Å². The minimum absolute atomic E-state index is 0.399. The number of thiophene rings is 1. The molecule has 0 fully saturated rings. The average Bonchev–Trinajstić information content (AvgIpc) is 2.97. The Morgan fingerprint density at radius 2 is 1.95 bits per heavy atom. The van der Waals surface area contributed by atoms with Crippen LogP contribution < -0.4 is 10.1 Å². The molecule has 1 N–H and O–H groups in total. The summed E-state index contributed by atoms with van der Waals surface area (Å²) in [5, 5.41) is 5.87. The predicted molar refractivity (Wildman–Crippen MR) is 86.6 cm³/mol. The number of benzene rings is 1. The Morgan fingerprint density at radius 3 is 2.50 bits per heavy atom. The van der Waals surface area contributed by atoms with E-state index >= 15 is 0 Å². The van der Waals surface area contributed by atoms with Crippen molar-refractivity contribution in [2.75, 3.05) is 7.11 Å². The Balaban J connectivity index is 1.96. The molecule has 108 valence electrons. The first-order valence-corrected chi connectivity index (χ1v) is 8.03. The highest BCUT2D eigenvalue weighted by atomic mass is 32.1. The molecule has 2 atom stereocenters. The Morgan fingerprint density at radius 1 is 1.20 bits per heavy atom. The molecule has 0 aliphatic heterocycles. The van der Waals surface area contributed by atoms with Crippen molar-refractivity contribution < 1.29 is 4.74 Å². The van der Waals surface area contributed by atoms with E-state index in [0.717, 1.165) is 18.6 Å². The number of ether oxygens (including phenoxy) is 1. The van der Waals surface area contributed by atoms with Gasteiger partial charge in [0, 0.05) is 17.0 Å². The Labute approximate surface area is 125 Å². The minimum atomic E-state index is 0.399. The van der Waals surface area contributed by atoms with Crippen molar-refractivity contribution in [3.8, 4) is 5.75 Å². The molecule has 2 nitrogen and oxygen atoms in total. The molecule has 0 radical (unpaired) electrons. The van der Waals surface area contributed by atoms with E-state index in [-0.39, 0.29) is 0 Å². The second-order valence-corrected chi connectivity index (χ2v) is 6.12. The number of methoxy groups -OCH3 is 1. The van der Waals surface area contributed by atoms with Crippen LogP contribution in [0.5, 0.6) is 5.75 Å². The maximum absolute atomic E-state index is 5.21. The van der Waals surface area contributed by atoms with Gasteiger partial charge in [-0.15, -0.1) is 11.3 Å². The van der Waals surface area contributed by atoms with Crippen molar-refractivity contribution in [2.24, 2.45) is 0 Å². The van der Waals surface area contributed by atoms with Crippen LogP contribution in [0.25, 0.3) is 0 Å². The molecule has 1 aromatic carbocycles. The fourth-order valence-corrected chi connectivity index (χ4v) is 3.25. The summed E-state index contributed by atoms with van der Waals surface area (Å²) >= 11 is 1.83. The number of hydrogen-bond donors (Lipinski definition) is 1. The van der Waals surface area contributed by atoms with Crippen LogP contribution in [0.2, 0.25) is 0 Å². The fraction of sp³-hybridized carbons (Fsp3) is 0.412. The summed E-state index contributed by atoms with van der Waals surface area (Å²) in [5.74, 6) is 0.912. The van der Waals surface area contributed by atoms with Crippen LogP contribution in [0.1, 0.15) is 36.8 Å². The van der Waals surface area contributed by atoms with E-state index in [9.17, 15) is 0 Å². The van der Waals surface area contributed by atoms with Gasteiger partial charge in [0.1, 0.15) is 5.75 Å². The first kappa shape index (κ1) is 15.1. The van der Waals surface area contributed by atoms with Gasteiger partial charge >= 0.3 is 0 Å². The normalized spacial score (nSPS) is 13.9. The first-order valence-electron chi connectivity index (χ1n) is 7.15. The minimum Gasteiger partial charge on any atom is -0.497 e. The molecule has 0 aliphatic rings. The SMILES string of the molecule is CCC(NC(C)Cc1cccs1)c1ccc(OC)cc1. The molecule has 1 aromatic heterocycles. The molecule has 3 heteroatoms. The van der Waals surface area contributed by atoms with Gasteiger partial charge in [0.25, 0.3) is 0 Å². The molecule has 1 heterocycles. The quantitative estimate of drug-likeness (QED) is 0.814. The summed E-state index contributed by atoms with van der Waals surface area (Å²) in [6, 6.07) is 13.6. The summed E-state index contributed by atoms with van der Waals surface area (Å²) in [6.45, 7) is 4.48. The highest BCUT2D eigenvalue weighted by molar-refractivity contribution is 7.09. The molecule has 0 saturated heterocycles. The highest BCUT2D eigenvalue weighted by Crippen LogP contribution is 2.21. The second-order valence-electron chi connectivity index (χ2n) is 5.09. The molecule has 0 aliphatic carbocycles. The van der Waals surface area contributed by atoms with Crippen molar-refractivity contribution >= 4 is 11.3 Å². The van der Waals surface area contributed by atoms with Crippen molar-refractivity contribution in [3.05, 3.63) is 52.2 Å². The van der Waals surface area contributed by atoms with Gasteiger partial charge in [-0.2, -0.15) is 0 Å². The van der Waals surface area contributed by atoms with Crippen molar-refractivity contribution in [1.29, 1.82) is 0 Å². The molecule has 0 spiro atoms. The smallest absolute Gasteiger partial charge is 0.118 e. The third-order valence-corrected chi connectivity index (χ3v) is 4.40. The molecule has 20 heavy (non-hydrogen) atoms. The average molecular weight is 289 g/mol. The lowest BCUT2D eigenvalue weighted by Crippen LogP contribution is -2.31. The van der Waals surface area contributed by atoms with Crippen LogP contribution in [0.15, 0.2) is 41.8 Å². The highest BCUT2D eigenvalue weighted by Gasteiger charge is 2.13. The maximum atomic E-state index is 5.21. The van der Waals surface area contributed by atoms with Crippen molar-refractivity contribution in [1.82, 2.24) is 5.32 Å². The molecule has 0 amide bonds. The fourth-order valence-electron chi connectivity index (χ4n) is 2.42. The molecule has 2 rings (SSSR count). The molecule has 0 saturated carbocycles. The summed E-state index contributed by atoms with van der Waals surface area (Å²) in [7, 11) is 1.70. The van der Waals surface area contributed by atoms with Crippen LogP contribution in [0.3, 0.4) is 0 Å². The monoisotopic (exact) mass is 289 g/mol. The third kappa shape index (κ3) is 4.09. The maximum Gasteiger partial charge on any atom is 0.118 e. The zero-order chi connectivity index (χ0) is 14.4. The molecule has 0 bridgehead atoms. The van der Waals surface area contributed by atoms with Crippen LogP contribution in [-0.4, -0.2) is 13.2 Å². The van der Waals surface area contributed by atoms with Gasteiger partial charge in [0.05, 0.1) is 7.11 Å². The van der Waals surface area contributed by atoms with E-state index < -0.39 is 0 Å². The summed E-state index contributed by atoms with van der Waals surface area (Å²) < 4.78 is 5.21. The van der Waals surface area contributed by atoms with Gasteiger partial charge < -0.3 is 10.1 Å². The molecular formula is C17H23NOS. The lowest BCUT2D eigenvalue weighted by atomic mass is 10.0. The van der Waals surface area contributed by atoms with E-state index in [1.165, 1.54) is 10.4 Å². The van der Waals surface area contributed by atoms with Gasteiger partial charge in [0.15, 0.2) is 0 Å². The summed E-state index contributed by atoms with van der Waals surface area (Å²) in [6.07, 6.45) is 2.17. The summed E-state index contributed by atoms with van der Waals surface area (Å²) in [5.41, 5.74) is 1.33. The van der Waals surface area contributed by atoms with Crippen LogP contribution in [-0.2, 0) is 6.42 Å². The van der Waals surface area contributed by atoms with Crippen molar-refractivity contribution in [3.63, 3.8) is 0 Å².